The van der Waals surface area contributed by atoms with Gasteiger partial charge in [-0.3, -0.25) is 9.98 Å². The van der Waals surface area contributed by atoms with E-state index < -0.39 is 0 Å². The van der Waals surface area contributed by atoms with E-state index in [0.717, 1.165) is 41.6 Å². The number of nitrogens with zero attached hydrogens (tertiary/aromatic N) is 2. The molecule has 260 valence electrons. The van der Waals surface area contributed by atoms with Gasteiger partial charge in [-0.25, -0.2) is 0 Å². The van der Waals surface area contributed by atoms with Crippen LogP contribution in [0.25, 0.3) is 32.7 Å². The minimum Gasteiger partial charge on any atom is -1.00 e. The smallest absolute Gasteiger partial charge is 1.00 e. The second kappa shape index (κ2) is 22.5. The fraction of sp³-hybridized carbons (Fsp3) is 0. The summed E-state index contributed by atoms with van der Waals surface area (Å²) >= 11 is 13.6. The van der Waals surface area contributed by atoms with Gasteiger partial charge in [0.15, 0.2) is 0 Å². The first-order chi connectivity index (χ1) is 20.3. The van der Waals surface area contributed by atoms with Gasteiger partial charge in [-0.05, 0) is 69.1 Å². The molecule has 0 aliphatic carbocycles. The summed E-state index contributed by atoms with van der Waals surface area (Å²) in [5.74, 6) is -0.290. The average Bonchev–Trinajstić information content (AvgIpc) is 2.98. The molecule has 6 rings (SSSR count). The molecule has 6 aromatic rings. The first-order valence-corrected chi connectivity index (χ1v) is 15.9. The molecule has 0 fully saturated rings. The van der Waals surface area contributed by atoms with Crippen molar-refractivity contribution in [3.05, 3.63) is 126 Å². The van der Waals surface area contributed by atoms with Crippen LogP contribution < -0.4 is 38.4 Å². The Labute approximate surface area is 344 Å². The first-order valence-electron chi connectivity index (χ1n) is 12.7. The molecule has 0 aliphatic heterocycles. The molecule has 0 heterocycles. The summed E-state index contributed by atoms with van der Waals surface area (Å²) in [6.45, 7) is 0. The van der Waals surface area contributed by atoms with E-state index in [9.17, 15) is 10.2 Å². The van der Waals surface area contributed by atoms with Gasteiger partial charge in [0.25, 0.3) is 0 Å². The van der Waals surface area contributed by atoms with Crippen LogP contribution in [0.4, 0.5) is 11.4 Å². The van der Waals surface area contributed by atoms with Crippen LogP contribution in [0.1, 0.15) is 11.1 Å². The fourth-order valence-corrected chi connectivity index (χ4v) is 7.41. The van der Waals surface area contributed by atoms with Crippen molar-refractivity contribution in [3.8, 4) is 22.6 Å². The maximum absolute atomic E-state index is 12.8. The molecule has 0 bridgehead atoms. The number of hydrogen-bond donors (Lipinski definition) is 0. The third-order valence-electron chi connectivity index (χ3n) is 6.82. The van der Waals surface area contributed by atoms with E-state index in [0.29, 0.717) is 31.4 Å². The van der Waals surface area contributed by atoms with Gasteiger partial charge in [-0.15, -0.1) is 0 Å². The number of hydrogen-bond acceptors (Lipinski definition) is 4. The monoisotopic (exact) mass is 1100 g/mol. The predicted molar refractivity (Wildman–Crippen MR) is 190 cm³/mol. The van der Waals surface area contributed by atoms with E-state index in [-0.39, 0.29) is 80.9 Å². The van der Waals surface area contributed by atoms with Crippen LogP contribution in [0.15, 0.2) is 125 Å². The van der Waals surface area contributed by atoms with E-state index in [4.69, 9.17) is 9.98 Å². The van der Waals surface area contributed by atoms with Crippen LogP contribution in [-0.2, 0) is 16.8 Å². The Hall–Kier alpha value is -2.40. The Bertz CT molecular complexity index is 1960. The Morgan fingerprint density at radius 1 is 0.480 bits per heavy atom. The van der Waals surface area contributed by atoms with Gasteiger partial charge in [0.2, 0.25) is 0 Å². The van der Waals surface area contributed by atoms with Crippen molar-refractivity contribution in [3.63, 3.8) is 0 Å². The largest absolute Gasteiger partial charge is 5.00 e. The molecule has 0 spiro atoms. The van der Waals surface area contributed by atoms with Crippen LogP contribution in [0.5, 0.6) is 11.5 Å². The molecule has 4 nitrogen and oxygen atoms in total. The van der Waals surface area contributed by atoms with Gasteiger partial charge in [0.1, 0.15) is 0 Å². The van der Waals surface area contributed by atoms with Gasteiger partial charge < -0.3 is 38.4 Å². The summed E-state index contributed by atoms with van der Waals surface area (Å²) in [7, 11) is 0. The van der Waals surface area contributed by atoms with Crippen LogP contribution >= 0.6 is 63.7 Å². The van der Waals surface area contributed by atoms with E-state index >= 15 is 0 Å². The maximum atomic E-state index is 12.8. The molecule has 6 aromatic carbocycles. The molecule has 0 N–H and O–H groups in total. The van der Waals surface area contributed by atoms with Crippen molar-refractivity contribution in [2.45, 2.75) is 0 Å². The van der Waals surface area contributed by atoms with Crippen LogP contribution in [0.2, 0.25) is 0 Å². The number of benzene rings is 6. The standard InChI is InChI=1S/C34H20Br4N2O2.Co.6FH.Sb/c35-23-13-21(33(41)27(37)15-23)17-39-29-11-9-19-5-1-3-7-25(19)31(29)32-26-8-4-2-6-20(26)10-12-30(32)40-18-22-14-24(36)16-28(38)34(22)42;;;;;;;;/h1-18,41-42H;;6*1H;/q;+3;;;;;;;+5/p-8. The van der Waals surface area contributed by atoms with Crippen LogP contribution in [-0.4, -0.2) is 36.9 Å². The minimum absolute atomic E-state index is 0. The molecule has 0 aromatic heterocycles. The van der Waals surface area contributed by atoms with Gasteiger partial charge in [0, 0.05) is 41.4 Å². The van der Waals surface area contributed by atoms with Crippen molar-refractivity contribution >= 4 is 133 Å². The number of aliphatic imine (C=N–C) groups is 2. The summed E-state index contributed by atoms with van der Waals surface area (Å²) in [6.07, 6.45) is 3.20. The predicted octanol–water partition coefficient (Wildman–Crippen LogP) is -8.00. The van der Waals surface area contributed by atoms with Crippen LogP contribution in [0.3, 0.4) is 0 Å². The summed E-state index contributed by atoms with van der Waals surface area (Å²) in [6, 6.07) is 31.2. The number of fused-ring (bicyclic) bond motifs is 2. The molecule has 50 heavy (non-hydrogen) atoms. The zero-order chi connectivity index (χ0) is 29.4. The van der Waals surface area contributed by atoms with Gasteiger partial charge in [0.05, 0.1) is 11.4 Å². The second-order valence-corrected chi connectivity index (χ2v) is 13.0. The number of rotatable bonds is 5. The van der Waals surface area contributed by atoms with Crippen molar-refractivity contribution in [2.75, 3.05) is 0 Å². The van der Waals surface area contributed by atoms with Gasteiger partial charge >= 0.3 is 41.2 Å². The average molecular weight is 1100 g/mol. The zero-order valence-corrected chi connectivity index (χ0v) is 34.6. The van der Waals surface area contributed by atoms with Crippen LogP contribution in [0, 0.1) is 0 Å². The molecule has 0 radical (unpaired) electrons. The Morgan fingerprint density at radius 3 is 1.18 bits per heavy atom. The van der Waals surface area contributed by atoms with Gasteiger partial charge in [-0.1, -0.05) is 136 Å². The molecule has 0 saturated heterocycles. The molecule has 0 atom stereocenters. The minimum atomic E-state index is -0.145. The summed E-state index contributed by atoms with van der Waals surface area (Å²) in [5.41, 5.74) is 4.04. The molecule has 0 aliphatic rings. The molecular weight excluding hydrogens is 1080 g/mol. The third kappa shape index (κ3) is 10.8. The fourth-order valence-electron chi connectivity index (χ4n) is 4.89. The summed E-state index contributed by atoms with van der Waals surface area (Å²) in [5, 5.41) is 29.7. The van der Waals surface area contributed by atoms with Crippen molar-refractivity contribution in [1.29, 1.82) is 0 Å². The van der Waals surface area contributed by atoms with Crippen molar-refractivity contribution in [1.82, 2.24) is 0 Å². The molecule has 0 unspecified atom stereocenters. The van der Waals surface area contributed by atoms with Crippen molar-refractivity contribution < 1.29 is 55.2 Å². The summed E-state index contributed by atoms with van der Waals surface area (Å²) < 4.78 is 2.47. The van der Waals surface area contributed by atoms with E-state index in [1.54, 1.807) is 36.7 Å². The normalized spacial score (nSPS) is 9.92. The molecule has 0 amide bonds. The number of halogens is 10. The van der Waals surface area contributed by atoms with Gasteiger partial charge in [-0.2, -0.15) is 0 Å². The van der Waals surface area contributed by atoms with Crippen molar-refractivity contribution in [2.24, 2.45) is 9.98 Å². The Kier molecular flexibility index (Phi) is 23.4. The quantitative estimate of drug-likeness (QED) is 0.0981. The van der Waals surface area contributed by atoms with E-state index in [1.807, 2.05) is 48.5 Å². The Balaban J connectivity index is -0.00000276. The topological polar surface area (TPSA) is 70.8 Å². The van der Waals surface area contributed by atoms with E-state index in [1.165, 1.54) is 0 Å². The first kappa shape index (κ1) is 52.0. The molecule has 16 heteroatoms. The second-order valence-electron chi connectivity index (χ2n) is 9.49. The molecule has 0 saturated carbocycles. The SMILES string of the molecule is [Co+3].[F-].[F-].[F-].[F-].[F-].[F-].[O-]c1c(Br)cc(Br)cc1C=Nc1ccc2ccccc2c1-c1c(N=Cc2cc(Br)cc(Br)c2[O-])ccc2ccccc12.[Sb+5]. The van der Waals surface area contributed by atoms with E-state index in [2.05, 4.69) is 88.0 Å². The summed E-state index contributed by atoms with van der Waals surface area (Å²) in [4.78, 5) is 9.74. The zero-order valence-electron chi connectivity index (χ0n) is 24.7. The molecular formula is C34H18Br4CoF6N2O2Sb. The maximum Gasteiger partial charge on any atom is 5.00 e. The Morgan fingerprint density at radius 2 is 0.820 bits per heavy atom. The third-order valence-corrected chi connectivity index (χ3v) is 8.92.